The SMILES string of the molecule is COCCOCCOCCOCCOc1cc(C(=O)NCCOc2ccc(CP(=O)(O)O)cc2)cc(OCCOCCOCCOCC(OC)C(COCCOCCOCCOc2cc(C(=O)NCCOc3cc(CP(=O)(O)O)cc(CP(=O)(O)O)c3)cc(OCCOCCOCCOCCOC)c2OCC(C)(C)COC(C)(C)COCCN=[N+]=[N-])OC)c1OCC(C)(C)COC(C)(C)COCCN=[N+]=[N-]. The Bertz CT molecular complexity index is 4270. The fourth-order valence-electron chi connectivity index (χ4n) is 12.0. The second-order valence-corrected chi connectivity index (χ2v) is 39.1. The molecule has 4 aromatic rings. The number of rotatable bonds is 91. The first-order chi connectivity index (χ1) is 67.4. The predicted octanol–water partition coefficient (Wildman–Crippen LogP) is 9.13. The Labute approximate surface area is 825 Å². The molecule has 0 saturated carbocycles. The fraction of sp³-hybridized carbons (Fsp3) is 0.714. The van der Waals surface area contributed by atoms with E-state index in [1.165, 1.54) is 56.7 Å². The Morgan fingerprint density at radius 1 is 0.333 bits per heavy atom. The molecule has 50 heteroatoms. The van der Waals surface area contributed by atoms with E-state index in [1.807, 2.05) is 55.4 Å². The van der Waals surface area contributed by atoms with Crippen LogP contribution >= 0.6 is 22.8 Å². The smallest absolute Gasteiger partial charge is 0.329 e. The summed E-state index contributed by atoms with van der Waals surface area (Å²) in [5.74, 6) is 0.302. The third-order valence-corrected chi connectivity index (χ3v) is 21.3. The van der Waals surface area contributed by atoms with Crippen LogP contribution in [0, 0.1) is 10.8 Å². The van der Waals surface area contributed by atoms with E-state index in [9.17, 15) is 52.6 Å². The summed E-state index contributed by atoms with van der Waals surface area (Å²) in [5, 5.41) is 12.7. The van der Waals surface area contributed by atoms with E-state index in [4.69, 9.17) is 144 Å². The van der Waals surface area contributed by atoms with E-state index < -0.39 is 87.3 Å². The number of hydrogen-bond donors (Lipinski definition) is 8. The van der Waals surface area contributed by atoms with Crippen molar-refractivity contribution < 1.29 is 185 Å². The lowest BCUT2D eigenvalue weighted by Crippen LogP contribution is -2.38. The quantitative estimate of drug-likeness (QED) is 0.00671. The van der Waals surface area contributed by atoms with Crippen LogP contribution in [0.3, 0.4) is 0 Å². The summed E-state index contributed by atoms with van der Waals surface area (Å²) in [5.41, 5.74) is 15.4. The first kappa shape index (κ1) is 126. The first-order valence-corrected chi connectivity index (χ1v) is 51.5. The highest BCUT2D eigenvalue weighted by molar-refractivity contribution is 7.51. The monoisotopic (exact) mass is 2070 g/mol. The minimum Gasteiger partial charge on any atom is -0.492 e. The van der Waals surface area contributed by atoms with Gasteiger partial charge in [0.15, 0.2) is 23.0 Å². The molecule has 0 bridgehead atoms. The molecule has 0 aliphatic heterocycles. The largest absolute Gasteiger partial charge is 0.492 e. The summed E-state index contributed by atoms with van der Waals surface area (Å²) in [4.78, 5) is 91.2. The molecule has 141 heavy (non-hydrogen) atoms. The molecule has 0 saturated heterocycles. The standard InChI is InChI=1S/C91H151N8O39P3/c1-88(2,67-137-90(5,6)69-127-21-19-96-98-92)65-135-84-78(131-49-45-121-37-33-117-31-29-115-27-25-111-9)56-74(86(100)94-17-23-129-76-15-13-71(14-16-76)62-139(102,103)104)57-79(84)133-51-47-123-39-35-119-41-43-125-60-82(113-11)83(114-12)61-126-44-42-120-36-40-124-48-52-134-81-59-75(87(101)95-18-24-130-77-54-72(63-140(105,106)107)53-73(55-77)64-141(108,109)110)58-80(132-50-46-122-38-34-118-32-30-116-28-26-112-10)85(81)136-66-89(3,4)68-138-91(7,8)70-128-22-20-97-99-93/h13-16,53-59,82-83H,17-52,60-70H2,1-12H3,(H,94,100)(H,95,101)(H2,102,103,104)(H2,105,106,107)(H2,108,109,110). The van der Waals surface area contributed by atoms with Crippen molar-refractivity contribution in [3.05, 3.63) is 115 Å². The van der Waals surface area contributed by atoms with Gasteiger partial charge < -0.3 is 173 Å². The molecule has 2 unspecified atom stereocenters. The molecule has 0 fully saturated rings. The average Bonchev–Trinajstić information content (AvgIpc) is 0.810. The molecule has 2 atom stereocenters. The van der Waals surface area contributed by atoms with Crippen LogP contribution in [-0.2, 0) is 127 Å². The van der Waals surface area contributed by atoms with Gasteiger partial charge in [-0.05, 0) is 104 Å². The molecule has 47 nitrogen and oxygen atoms in total. The Morgan fingerprint density at radius 3 is 0.922 bits per heavy atom. The summed E-state index contributed by atoms with van der Waals surface area (Å²) < 4.78 is 200. The summed E-state index contributed by atoms with van der Waals surface area (Å²) in [6.07, 6.45) is -2.87. The fourth-order valence-corrected chi connectivity index (χ4v) is 14.0. The maximum Gasteiger partial charge on any atom is 0.329 e. The van der Waals surface area contributed by atoms with Gasteiger partial charge in [0.25, 0.3) is 11.8 Å². The van der Waals surface area contributed by atoms with E-state index in [-0.39, 0.29) is 293 Å². The van der Waals surface area contributed by atoms with E-state index in [0.29, 0.717) is 70.8 Å². The maximum absolute atomic E-state index is 14.1. The van der Waals surface area contributed by atoms with Gasteiger partial charge in [-0.2, -0.15) is 0 Å². The average molecular weight is 2070 g/mol. The van der Waals surface area contributed by atoms with Crippen molar-refractivity contribution in [3.8, 4) is 46.0 Å². The van der Waals surface area contributed by atoms with Crippen LogP contribution in [0.1, 0.15) is 92.8 Å². The Balaban J connectivity index is 1.35. The van der Waals surface area contributed by atoms with E-state index in [0.717, 1.165) is 0 Å². The van der Waals surface area contributed by atoms with Crippen LogP contribution in [-0.4, -0.2) is 383 Å². The van der Waals surface area contributed by atoms with Crippen LogP contribution in [0.5, 0.6) is 46.0 Å². The van der Waals surface area contributed by atoms with Crippen molar-refractivity contribution in [3.63, 3.8) is 0 Å². The highest BCUT2D eigenvalue weighted by Crippen LogP contribution is 2.46. The molecule has 0 spiro atoms. The highest BCUT2D eigenvalue weighted by Gasteiger charge is 2.32. The van der Waals surface area contributed by atoms with Crippen LogP contribution in [0.4, 0.5) is 0 Å². The highest BCUT2D eigenvalue weighted by atomic mass is 31.2. The Hall–Kier alpha value is -7.51. The second kappa shape index (κ2) is 72.7. The zero-order chi connectivity index (χ0) is 103. The van der Waals surface area contributed by atoms with Crippen LogP contribution in [0.2, 0.25) is 0 Å². The number of carbonyl (C=O) groups is 2. The van der Waals surface area contributed by atoms with Crippen LogP contribution < -0.4 is 48.5 Å². The van der Waals surface area contributed by atoms with Crippen molar-refractivity contribution >= 4 is 34.6 Å². The van der Waals surface area contributed by atoms with Gasteiger partial charge in [-0.25, -0.2) is 0 Å². The van der Waals surface area contributed by atoms with Crippen LogP contribution in [0.25, 0.3) is 20.9 Å². The molecule has 0 aromatic heterocycles. The number of nitrogens with one attached hydrogen (secondary N) is 2. The molecule has 4 aromatic carbocycles. The predicted molar refractivity (Wildman–Crippen MR) is 514 cm³/mol. The number of nitrogens with zero attached hydrogens (tertiary/aromatic N) is 6. The number of ether oxygens (including phenoxy) is 28. The molecule has 2 amide bonds. The molecule has 4 rings (SSSR count). The lowest BCUT2D eigenvalue weighted by molar-refractivity contribution is -0.109. The second-order valence-electron chi connectivity index (χ2n) is 34.1. The lowest BCUT2D eigenvalue weighted by atomic mass is 9.95. The van der Waals surface area contributed by atoms with Crippen molar-refractivity contribution in [2.75, 3.05) is 319 Å². The zero-order valence-electron chi connectivity index (χ0n) is 83.4. The molecular weight excluding hydrogens is 1920 g/mol. The van der Waals surface area contributed by atoms with Gasteiger partial charge in [0.05, 0.1) is 267 Å². The molecular formula is C91H151N8O39P3. The molecule has 804 valence electrons. The summed E-state index contributed by atoms with van der Waals surface area (Å²) in [6, 6.07) is 16.2. The van der Waals surface area contributed by atoms with Crippen LogP contribution in [0.15, 0.2) is 77.0 Å². The van der Waals surface area contributed by atoms with Crippen molar-refractivity contribution in [1.82, 2.24) is 10.6 Å². The van der Waals surface area contributed by atoms with Gasteiger partial charge in [-0.3, -0.25) is 23.3 Å². The molecule has 0 aliphatic rings. The Morgan fingerprint density at radius 2 is 0.624 bits per heavy atom. The van der Waals surface area contributed by atoms with E-state index in [1.54, 1.807) is 38.5 Å². The van der Waals surface area contributed by atoms with Gasteiger partial charge in [-0.15, -0.1) is 0 Å². The third-order valence-electron chi connectivity index (χ3n) is 19.0. The maximum atomic E-state index is 14.1. The number of azide groups is 2. The lowest BCUT2D eigenvalue weighted by Gasteiger charge is -2.32. The number of methoxy groups -OCH3 is 4. The molecule has 0 aliphatic carbocycles. The number of carbonyl (C=O) groups excluding carboxylic acids is 2. The molecule has 8 N–H and O–H groups in total. The minimum atomic E-state index is -4.60. The number of benzene rings is 4. The molecule has 0 heterocycles. The van der Waals surface area contributed by atoms with Gasteiger partial charge in [0, 0.05) is 73.3 Å². The molecule has 0 radical (unpaired) electrons. The van der Waals surface area contributed by atoms with E-state index in [2.05, 4.69) is 30.7 Å². The van der Waals surface area contributed by atoms with Gasteiger partial charge in [-0.1, -0.05) is 56.1 Å². The normalized spacial score (nSPS) is 12.6. The van der Waals surface area contributed by atoms with Crippen molar-refractivity contribution in [1.29, 1.82) is 0 Å². The number of amides is 2. The van der Waals surface area contributed by atoms with E-state index >= 15 is 0 Å². The topological polar surface area (TPSA) is 587 Å². The van der Waals surface area contributed by atoms with Gasteiger partial charge in [0.1, 0.15) is 63.3 Å². The van der Waals surface area contributed by atoms with Gasteiger partial charge >= 0.3 is 22.8 Å². The number of hydrogen-bond acceptors (Lipinski definition) is 35. The minimum absolute atomic E-state index is 0.00317. The summed E-state index contributed by atoms with van der Waals surface area (Å²) in [6.45, 7) is 23.5. The Kier molecular flexibility index (Phi) is 64.9. The summed E-state index contributed by atoms with van der Waals surface area (Å²) in [7, 11) is -7.21. The van der Waals surface area contributed by atoms with Crippen molar-refractivity contribution in [2.24, 2.45) is 21.1 Å². The van der Waals surface area contributed by atoms with Gasteiger partial charge in [0.2, 0.25) is 11.5 Å². The third kappa shape index (κ3) is 62.8. The first-order valence-electron chi connectivity index (χ1n) is 46.1. The van der Waals surface area contributed by atoms with Crippen molar-refractivity contribution in [2.45, 2.75) is 97.3 Å². The zero-order valence-corrected chi connectivity index (χ0v) is 86.1. The summed E-state index contributed by atoms with van der Waals surface area (Å²) >= 11 is 0.